The van der Waals surface area contributed by atoms with E-state index in [2.05, 4.69) is 9.71 Å². The second kappa shape index (κ2) is 5.98. The first-order valence-corrected chi connectivity index (χ1v) is 7.52. The summed E-state index contributed by atoms with van der Waals surface area (Å²) in [5, 5.41) is 18.3. The molecule has 2 rings (SSSR count). The van der Waals surface area contributed by atoms with Crippen LogP contribution >= 0.6 is 0 Å². The normalized spacial score (nSPS) is 13.0. The lowest BCUT2D eigenvalue weighted by atomic mass is 10.1. The Hall–Kier alpha value is -2.32. The number of nitrogens with one attached hydrogen (secondary N) is 2. The van der Waals surface area contributed by atoms with Crippen molar-refractivity contribution in [1.29, 1.82) is 0 Å². The number of carboxylic acid groups (broad SMARTS) is 1. The Morgan fingerprint density at radius 3 is 2.43 bits per heavy atom. The number of aromatic nitrogens is 1. The van der Waals surface area contributed by atoms with Crippen LogP contribution in [-0.2, 0) is 21.2 Å². The van der Waals surface area contributed by atoms with Gasteiger partial charge in [-0.05, 0) is 30.2 Å². The summed E-state index contributed by atoms with van der Waals surface area (Å²) in [7, 11) is -3.90. The monoisotopic (exact) mass is 310 g/mol. The van der Waals surface area contributed by atoms with Crippen LogP contribution in [0, 0.1) is 0 Å². The number of rotatable bonds is 6. The van der Waals surface area contributed by atoms with E-state index in [0.717, 1.165) is 0 Å². The number of phenolic OH excluding ortho intramolecular Hbond substituents is 1. The van der Waals surface area contributed by atoms with Crippen molar-refractivity contribution >= 4 is 16.0 Å². The molecule has 1 atom stereocenters. The molecular weight excluding hydrogens is 296 g/mol. The van der Waals surface area contributed by atoms with Gasteiger partial charge in [-0.3, -0.25) is 4.79 Å². The maximum atomic E-state index is 12.0. The van der Waals surface area contributed by atoms with Crippen LogP contribution in [0.4, 0.5) is 0 Å². The molecule has 0 amide bonds. The molecule has 112 valence electrons. The summed E-state index contributed by atoms with van der Waals surface area (Å²) in [5.41, 5.74) is 0.594. The van der Waals surface area contributed by atoms with Crippen molar-refractivity contribution in [2.75, 3.05) is 0 Å². The molecule has 1 heterocycles. The Morgan fingerprint density at radius 2 is 1.90 bits per heavy atom. The zero-order valence-electron chi connectivity index (χ0n) is 10.9. The van der Waals surface area contributed by atoms with Gasteiger partial charge in [-0.15, -0.1) is 0 Å². The van der Waals surface area contributed by atoms with Gasteiger partial charge in [0.1, 0.15) is 11.8 Å². The molecule has 0 saturated carbocycles. The lowest BCUT2D eigenvalue weighted by Crippen LogP contribution is -2.42. The fourth-order valence-corrected chi connectivity index (χ4v) is 2.94. The molecule has 1 aromatic heterocycles. The second-order valence-electron chi connectivity index (χ2n) is 4.43. The zero-order chi connectivity index (χ0) is 15.5. The minimum Gasteiger partial charge on any atom is -0.508 e. The Morgan fingerprint density at radius 1 is 1.24 bits per heavy atom. The number of hydrogen-bond donors (Lipinski definition) is 4. The summed E-state index contributed by atoms with van der Waals surface area (Å²) in [6.45, 7) is 0. The molecular formula is C13H14N2O5S. The summed E-state index contributed by atoms with van der Waals surface area (Å²) < 4.78 is 26.2. The minimum atomic E-state index is -3.90. The van der Waals surface area contributed by atoms with Crippen molar-refractivity contribution in [3.63, 3.8) is 0 Å². The van der Waals surface area contributed by atoms with E-state index in [0.29, 0.717) is 5.56 Å². The van der Waals surface area contributed by atoms with Gasteiger partial charge in [0.05, 0.1) is 4.90 Å². The molecule has 0 aliphatic carbocycles. The van der Waals surface area contributed by atoms with E-state index in [1.165, 1.54) is 42.7 Å². The van der Waals surface area contributed by atoms with Crippen molar-refractivity contribution in [3.05, 3.63) is 48.3 Å². The van der Waals surface area contributed by atoms with Crippen LogP contribution in [0.25, 0.3) is 0 Å². The molecule has 4 N–H and O–H groups in total. The van der Waals surface area contributed by atoms with Crippen LogP contribution in [-0.4, -0.2) is 35.6 Å². The van der Waals surface area contributed by atoms with Gasteiger partial charge in [0.2, 0.25) is 10.0 Å². The van der Waals surface area contributed by atoms with E-state index in [1.54, 1.807) is 0 Å². The van der Waals surface area contributed by atoms with Crippen molar-refractivity contribution in [2.45, 2.75) is 17.4 Å². The molecule has 7 nitrogen and oxygen atoms in total. The van der Waals surface area contributed by atoms with Crippen molar-refractivity contribution in [1.82, 2.24) is 9.71 Å². The van der Waals surface area contributed by atoms with Gasteiger partial charge in [0, 0.05) is 12.4 Å². The van der Waals surface area contributed by atoms with E-state index >= 15 is 0 Å². The lowest BCUT2D eigenvalue weighted by molar-refractivity contribution is -0.138. The summed E-state index contributed by atoms with van der Waals surface area (Å²) in [4.78, 5) is 13.8. The number of H-pyrrole nitrogens is 1. The van der Waals surface area contributed by atoms with E-state index < -0.39 is 22.0 Å². The number of sulfonamides is 1. The molecule has 8 heteroatoms. The Bertz CT molecular complexity index is 708. The molecule has 0 bridgehead atoms. The Balaban J connectivity index is 2.17. The van der Waals surface area contributed by atoms with Gasteiger partial charge in [-0.2, -0.15) is 4.72 Å². The number of aliphatic carboxylic acids is 1. The largest absolute Gasteiger partial charge is 0.508 e. The summed E-state index contributed by atoms with van der Waals surface area (Å²) in [6.07, 6.45) is 2.67. The summed E-state index contributed by atoms with van der Waals surface area (Å²) >= 11 is 0. The minimum absolute atomic E-state index is 0.0283. The maximum absolute atomic E-state index is 12.0. The van der Waals surface area contributed by atoms with Crippen LogP contribution in [0.2, 0.25) is 0 Å². The molecule has 21 heavy (non-hydrogen) atoms. The lowest BCUT2D eigenvalue weighted by Gasteiger charge is -2.14. The van der Waals surface area contributed by atoms with E-state index in [1.807, 2.05) is 0 Å². The van der Waals surface area contributed by atoms with Crippen LogP contribution in [0.15, 0.2) is 47.6 Å². The topological polar surface area (TPSA) is 119 Å². The van der Waals surface area contributed by atoms with Gasteiger partial charge in [-0.25, -0.2) is 8.42 Å². The Kier molecular flexibility index (Phi) is 4.29. The van der Waals surface area contributed by atoms with Crippen LogP contribution in [0.1, 0.15) is 5.56 Å². The number of carbonyl (C=O) groups is 1. The number of hydrogen-bond acceptors (Lipinski definition) is 4. The standard InChI is InChI=1S/C13H14N2O5S/c16-10-3-1-9(2-4-10)7-12(13(17)18)15-21(19,20)11-5-6-14-8-11/h1-6,8,12,14-16H,7H2,(H,17,18)/t12-/m0/s1. The molecule has 0 spiro atoms. The third-order valence-corrected chi connectivity index (χ3v) is 4.32. The number of carboxylic acids is 1. The Labute approximate surface area is 121 Å². The highest BCUT2D eigenvalue weighted by Crippen LogP contribution is 2.13. The fourth-order valence-electron chi connectivity index (χ4n) is 1.78. The average molecular weight is 310 g/mol. The smallest absolute Gasteiger partial charge is 0.322 e. The maximum Gasteiger partial charge on any atom is 0.322 e. The number of benzene rings is 1. The molecule has 0 fully saturated rings. The molecule has 2 aromatic rings. The fraction of sp³-hybridized carbons (Fsp3) is 0.154. The van der Waals surface area contributed by atoms with E-state index in [-0.39, 0.29) is 17.1 Å². The summed E-state index contributed by atoms with van der Waals surface area (Å²) in [6, 6.07) is 5.94. The highest BCUT2D eigenvalue weighted by Gasteiger charge is 2.25. The SMILES string of the molecule is O=C(O)[C@H](Cc1ccc(O)cc1)NS(=O)(=O)c1cc[nH]c1. The highest BCUT2D eigenvalue weighted by molar-refractivity contribution is 7.89. The first kappa shape index (κ1) is 15.1. The van der Waals surface area contributed by atoms with Crippen molar-refractivity contribution in [3.8, 4) is 5.75 Å². The summed E-state index contributed by atoms with van der Waals surface area (Å²) in [5.74, 6) is -1.22. The predicted octanol–water partition coefficient (Wildman–Crippen LogP) is 0.695. The van der Waals surface area contributed by atoms with Crippen LogP contribution in [0.3, 0.4) is 0 Å². The molecule has 0 aliphatic heterocycles. The number of aromatic hydroxyl groups is 1. The number of aromatic amines is 1. The van der Waals surface area contributed by atoms with Crippen molar-refractivity contribution in [2.24, 2.45) is 0 Å². The second-order valence-corrected chi connectivity index (χ2v) is 6.14. The first-order valence-electron chi connectivity index (χ1n) is 6.04. The molecule has 1 aromatic carbocycles. The highest BCUT2D eigenvalue weighted by atomic mass is 32.2. The van der Waals surface area contributed by atoms with Gasteiger partial charge < -0.3 is 15.2 Å². The van der Waals surface area contributed by atoms with E-state index in [9.17, 15) is 18.3 Å². The van der Waals surface area contributed by atoms with Crippen LogP contribution in [0.5, 0.6) is 5.75 Å². The predicted molar refractivity (Wildman–Crippen MR) is 74.3 cm³/mol. The van der Waals surface area contributed by atoms with Gasteiger partial charge >= 0.3 is 5.97 Å². The zero-order valence-corrected chi connectivity index (χ0v) is 11.7. The van der Waals surface area contributed by atoms with Gasteiger partial charge in [0.25, 0.3) is 0 Å². The third-order valence-electron chi connectivity index (χ3n) is 2.85. The molecule has 0 radical (unpaired) electrons. The van der Waals surface area contributed by atoms with Crippen LogP contribution < -0.4 is 4.72 Å². The molecule has 0 unspecified atom stereocenters. The van der Waals surface area contributed by atoms with E-state index in [4.69, 9.17) is 5.11 Å². The quantitative estimate of drug-likeness (QED) is 0.626. The van der Waals surface area contributed by atoms with Gasteiger partial charge in [-0.1, -0.05) is 12.1 Å². The number of phenols is 1. The van der Waals surface area contributed by atoms with Gasteiger partial charge in [0.15, 0.2) is 0 Å². The van der Waals surface area contributed by atoms with Crippen molar-refractivity contribution < 1.29 is 23.4 Å². The molecule has 0 aliphatic rings. The molecule has 0 saturated heterocycles. The first-order chi connectivity index (χ1) is 9.88. The third kappa shape index (κ3) is 3.83. The average Bonchev–Trinajstić information content (AvgIpc) is 2.95.